The maximum absolute atomic E-state index is 11.9. The van der Waals surface area contributed by atoms with Gasteiger partial charge < -0.3 is 10.6 Å². The number of anilines is 1. The van der Waals surface area contributed by atoms with E-state index in [0.29, 0.717) is 5.92 Å². The summed E-state index contributed by atoms with van der Waals surface area (Å²) in [5.74, 6) is 0.0562. The van der Waals surface area contributed by atoms with Gasteiger partial charge in [0.1, 0.15) is 0 Å². The number of rotatable bonds is 5. The number of urea groups is 1. The SMILES string of the molecule is CC(C)c1nc2ccc(NCC(=O)NC(=O)NC3CCCC3)cc2s1. The third-order valence-corrected chi connectivity index (χ3v) is 5.61. The zero-order chi connectivity index (χ0) is 17.8. The Hall–Kier alpha value is -2.15. The fraction of sp³-hybridized carbons (Fsp3) is 0.500. The molecule has 25 heavy (non-hydrogen) atoms. The van der Waals surface area contributed by atoms with Crippen molar-refractivity contribution >= 4 is 39.2 Å². The lowest BCUT2D eigenvalue weighted by Gasteiger charge is -2.12. The van der Waals surface area contributed by atoms with Gasteiger partial charge in [-0.05, 0) is 31.0 Å². The lowest BCUT2D eigenvalue weighted by molar-refractivity contribution is -0.118. The quantitative estimate of drug-likeness (QED) is 0.761. The standard InChI is InChI=1S/C18H24N4O2S/c1-11(2)17-21-14-8-7-13(9-15(14)25-17)19-10-16(23)22-18(24)20-12-5-3-4-6-12/h7-9,11-12,19H,3-6,10H2,1-2H3,(H2,20,22,23,24). The summed E-state index contributed by atoms with van der Waals surface area (Å²) in [6, 6.07) is 5.64. The number of carbonyl (C=O) groups is 2. The molecule has 0 aliphatic heterocycles. The lowest BCUT2D eigenvalue weighted by atomic mass is 10.2. The molecule has 0 saturated heterocycles. The molecule has 3 N–H and O–H groups in total. The summed E-state index contributed by atoms with van der Waals surface area (Å²) in [4.78, 5) is 28.3. The summed E-state index contributed by atoms with van der Waals surface area (Å²) in [6.07, 6.45) is 4.26. The predicted octanol–water partition coefficient (Wildman–Crippen LogP) is 3.60. The number of benzene rings is 1. The number of carbonyl (C=O) groups excluding carboxylic acids is 2. The molecule has 0 unspecified atom stereocenters. The van der Waals surface area contributed by atoms with E-state index in [9.17, 15) is 9.59 Å². The molecule has 0 atom stereocenters. The first kappa shape index (κ1) is 17.7. The molecule has 6 nitrogen and oxygen atoms in total. The van der Waals surface area contributed by atoms with Crippen molar-refractivity contribution in [2.45, 2.75) is 51.5 Å². The van der Waals surface area contributed by atoms with Crippen LogP contribution in [0.4, 0.5) is 10.5 Å². The van der Waals surface area contributed by atoms with E-state index in [4.69, 9.17) is 0 Å². The molecular formula is C18H24N4O2S. The van der Waals surface area contributed by atoms with Crippen LogP contribution in [0.15, 0.2) is 18.2 Å². The van der Waals surface area contributed by atoms with E-state index in [0.717, 1.165) is 46.6 Å². The first-order valence-corrected chi connectivity index (χ1v) is 9.57. The highest BCUT2D eigenvalue weighted by molar-refractivity contribution is 7.18. The Labute approximate surface area is 151 Å². The number of nitrogens with one attached hydrogen (secondary N) is 3. The number of aromatic nitrogens is 1. The Morgan fingerprint density at radius 1 is 1.28 bits per heavy atom. The molecule has 0 bridgehead atoms. The molecule has 3 rings (SSSR count). The number of imide groups is 1. The van der Waals surface area contributed by atoms with Gasteiger partial charge in [-0.2, -0.15) is 0 Å². The van der Waals surface area contributed by atoms with E-state index < -0.39 is 6.03 Å². The van der Waals surface area contributed by atoms with Crippen LogP contribution in [0.2, 0.25) is 0 Å². The van der Waals surface area contributed by atoms with Crippen molar-refractivity contribution in [3.63, 3.8) is 0 Å². The van der Waals surface area contributed by atoms with Gasteiger partial charge in [0.05, 0.1) is 21.8 Å². The van der Waals surface area contributed by atoms with E-state index in [2.05, 4.69) is 34.8 Å². The summed E-state index contributed by atoms with van der Waals surface area (Å²) in [7, 11) is 0. The first-order chi connectivity index (χ1) is 12.0. The van der Waals surface area contributed by atoms with Gasteiger partial charge in [-0.25, -0.2) is 9.78 Å². The van der Waals surface area contributed by atoms with Crippen molar-refractivity contribution in [1.29, 1.82) is 0 Å². The van der Waals surface area contributed by atoms with E-state index >= 15 is 0 Å². The Morgan fingerprint density at radius 3 is 2.76 bits per heavy atom. The van der Waals surface area contributed by atoms with Crippen molar-refractivity contribution in [2.75, 3.05) is 11.9 Å². The van der Waals surface area contributed by atoms with Crippen LogP contribution in [0.5, 0.6) is 0 Å². The summed E-state index contributed by atoms with van der Waals surface area (Å²) in [5.41, 5.74) is 1.82. The third kappa shape index (κ3) is 4.69. The maximum Gasteiger partial charge on any atom is 0.321 e. The Balaban J connectivity index is 1.51. The number of thiazole rings is 1. The van der Waals surface area contributed by atoms with Crippen molar-refractivity contribution in [2.24, 2.45) is 0 Å². The molecule has 1 aliphatic carbocycles. The molecule has 1 heterocycles. The fourth-order valence-corrected chi connectivity index (χ4v) is 3.95. The van der Waals surface area contributed by atoms with Crippen molar-refractivity contribution in [3.05, 3.63) is 23.2 Å². The van der Waals surface area contributed by atoms with E-state index in [1.165, 1.54) is 0 Å². The zero-order valence-corrected chi connectivity index (χ0v) is 15.4. The van der Waals surface area contributed by atoms with Crippen molar-refractivity contribution in [3.8, 4) is 0 Å². The van der Waals surface area contributed by atoms with Gasteiger partial charge in [0.2, 0.25) is 5.91 Å². The Morgan fingerprint density at radius 2 is 2.04 bits per heavy atom. The molecule has 1 aromatic carbocycles. The summed E-state index contributed by atoms with van der Waals surface area (Å²) in [6.45, 7) is 4.30. The normalized spacial score (nSPS) is 14.8. The molecule has 0 radical (unpaired) electrons. The lowest BCUT2D eigenvalue weighted by Crippen LogP contribution is -2.45. The minimum Gasteiger partial charge on any atom is -0.376 e. The largest absolute Gasteiger partial charge is 0.376 e. The molecular weight excluding hydrogens is 336 g/mol. The molecule has 2 aromatic rings. The van der Waals surface area contributed by atoms with Gasteiger partial charge in [-0.3, -0.25) is 10.1 Å². The highest BCUT2D eigenvalue weighted by Crippen LogP contribution is 2.29. The number of nitrogens with zero attached hydrogens (tertiary/aromatic N) is 1. The maximum atomic E-state index is 11.9. The van der Waals surface area contributed by atoms with Crippen LogP contribution in [0.3, 0.4) is 0 Å². The van der Waals surface area contributed by atoms with Crippen molar-refractivity contribution < 1.29 is 9.59 Å². The van der Waals surface area contributed by atoms with Gasteiger partial charge in [-0.15, -0.1) is 11.3 Å². The van der Waals surface area contributed by atoms with Gasteiger partial charge in [0.25, 0.3) is 0 Å². The average Bonchev–Trinajstić information content (AvgIpc) is 3.21. The molecule has 1 aliphatic rings. The predicted molar refractivity (Wildman–Crippen MR) is 101 cm³/mol. The fourth-order valence-electron chi connectivity index (χ4n) is 2.94. The molecule has 0 spiro atoms. The van der Waals surface area contributed by atoms with E-state index in [-0.39, 0.29) is 18.5 Å². The van der Waals surface area contributed by atoms with Crippen LogP contribution in [-0.4, -0.2) is 29.5 Å². The molecule has 1 fully saturated rings. The van der Waals surface area contributed by atoms with Crippen molar-refractivity contribution in [1.82, 2.24) is 15.6 Å². The second kappa shape index (κ2) is 7.82. The van der Waals surface area contributed by atoms with E-state index in [1.54, 1.807) is 11.3 Å². The Bertz CT molecular complexity index is 766. The van der Waals surface area contributed by atoms with Gasteiger partial charge in [-0.1, -0.05) is 26.7 Å². The summed E-state index contributed by atoms with van der Waals surface area (Å²) >= 11 is 1.67. The second-order valence-electron chi connectivity index (χ2n) is 6.75. The van der Waals surface area contributed by atoms with Crippen LogP contribution in [0.1, 0.15) is 50.5 Å². The number of hydrogen-bond acceptors (Lipinski definition) is 5. The Kier molecular flexibility index (Phi) is 5.53. The number of hydrogen-bond donors (Lipinski definition) is 3. The average molecular weight is 360 g/mol. The topological polar surface area (TPSA) is 83.1 Å². The first-order valence-electron chi connectivity index (χ1n) is 8.76. The molecule has 3 amide bonds. The summed E-state index contributed by atoms with van der Waals surface area (Å²) in [5, 5.41) is 9.38. The number of amides is 3. The molecule has 1 saturated carbocycles. The van der Waals surface area contributed by atoms with E-state index in [1.807, 2.05) is 18.2 Å². The number of fused-ring (bicyclic) bond motifs is 1. The molecule has 134 valence electrons. The zero-order valence-electron chi connectivity index (χ0n) is 14.6. The highest BCUT2D eigenvalue weighted by atomic mass is 32.1. The van der Waals surface area contributed by atoms with Crippen LogP contribution in [-0.2, 0) is 4.79 Å². The highest BCUT2D eigenvalue weighted by Gasteiger charge is 2.18. The second-order valence-corrected chi connectivity index (χ2v) is 7.81. The minimum atomic E-state index is -0.404. The third-order valence-electron chi connectivity index (χ3n) is 4.30. The smallest absolute Gasteiger partial charge is 0.321 e. The molecule has 1 aromatic heterocycles. The van der Waals surface area contributed by atoms with Gasteiger partial charge in [0.15, 0.2) is 0 Å². The summed E-state index contributed by atoms with van der Waals surface area (Å²) < 4.78 is 1.09. The van der Waals surface area contributed by atoms with Gasteiger partial charge in [0, 0.05) is 17.6 Å². The minimum absolute atomic E-state index is 0.0550. The van der Waals surface area contributed by atoms with Crippen LogP contribution in [0.25, 0.3) is 10.2 Å². The van der Waals surface area contributed by atoms with Crippen LogP contribution in [0, 0.1) is 0 Å². The van der Waals surface area contributed by atoms with Crippen LogP contribution < -0.4 is 16.0 Å². The monoisotopic (exact) mass is 360 g/mol. The van der Waals surface area contributed by atoms with Crippen LogP contribution >= 0.6 is 11.3 Å². The molecule has 7 heteroatoms. The van der Waals surface area contributed by atoms with Gasteiger partial charge >= 0.3 is 6.03 Å².